The molecule has 178 valence electrons. The zero-order valence-electron chi connectivity index (χ0n) is 17.9. The molecular formula is C23H16F4N6O2. The molecule has 2 N–H and O–H groups in total. The maximum atomic E-state index is 14.6. The number of anilines is 1. The highest BCUT2D eigenvalue weighted by Crippen LogP contribution is 2.36. The van der Waals surface area contributed by atoms with Crippen LogP contribution in [0.3, 0.4) is 0 Å². The molecule has 0 radical (unpaired) electrons. The van der Waals surface area contributed by atoms with Crippen molar-refractivity contribution in [1.82, 2.24) is 24.7 Å². The van der Waals surface area contributed by atoms with Crippen molar-refractivity contribution < 1.29 is 27.1 Å². The first-order chi connectivity index (χ1) is 16.8. The molecule has 0 bridgehead atoms. The van der Waals surface area contributed by atoms with E-state index in [1.54, 1.807) is 6.07 Å². The Morgan fingerprint density at radius 1 is 1.14 bits per heavy atom. The smallest absolute Gasteiger partial charge is 0.433 e. The zero-order chi connectivity index (χ0) is 24.3. The quantitative estimate of drug-likeness (QED) is 0.431. The molecule has 5 heterocycles. The molecule has 0 saturated carbocycles. The average molecular weight is 484 g/mol. The maximum Gasteiger partial charge on any atom is 0.433 e. The predicted octanol–water partition coefficient (Wildman–Crippen LogP) is 3.74. The highest BCUT2D eigenvalue weighted by atomic mass is 19.4. The molecule has 0 atom stereocenters. The number of halogens is 4. The van der Waals surface area contributed by atoms with Gasteiger partial charge in [-0.05, 0) is 23.8 Å². The number of aromatic nitrogens is 4. The molecule has 12 heteroatoms. The third-order valence-electron chi connectivity index (χ3n) is 6.16. The number of imidazole rings is 1. The molecule has 1 amide bonds. The number of nitrogens with one attached hydrogen (secondary N) is 2. The van der Waals surface area contributed by atoms with E-state index in [-0.39, 0.29) is 36.1 Å². The van der Waals surface area contributed by atoms with Crippen molar-refractivity contribution in [3.05, 3.63) is 70.8 Å². The van der Waals surface area contributed by atoms with Crippen LogP contribution in [0.4, 0.5) is 23.5 Å². The molecule has 6 rings (SSSR count). The molecule has 2 aliphatic rings. The minimum Gasteiger partial charge on any atom is -0.493 e. The van der Waals surface area contributed by atoms with Gasteiger partial charge in [0.05, 0.1) is 12.1 Å². The van der Waals surface area contributed by atoms with Gasteiger partial charge in [0.1, 0.15) is 23.6 Å². The monoisotopic (exact) mass is 484 g/mol. The second-order valence-electron chi connectivity index (χ2n) is 8.17. The molecule has 35 heavy (non-hydrogen) atoms. The van der Waals surface area contributed by atoms with Crippen LogP contribution in [0.1, 0.15) is 32.9 Å². The topological polar surface area (TPSA) is 93.4 Å². The highest BCUT2D eigenvalue weighted by Gasteiger charge is 2.34. The number of alkyl halides is 3. The van der Waals surface area contributed by atoms with Crippen LogP contribution in [-0.2, 0) is 25.7 Å². The van der Waals surface area contributed by atoms with Gasteiger partial charge >= 0.3 is 6.18 Å². The van der Waals surface area contributed by atoms with Crippen LogP contribution in [0.2, 0.25) is 0 Å². The Kier molecular flexibility index (Phi) is 4.66. The Balaban J connectivity index is 1.44. The van der Waals surface area contributed by atoms with Gasteiger partial charge in [0.25, 0.3) is 5.91 Å². The SMILES string of the molecule is O=C1NCc2cc(C(F)(F)F)ncc2-c2cnc(NCc3c(F)ccc4c3CCO4)n3cnc1c23. The van der Waals surface area contributed by atoms with E-state index in [0.717, 1.165) is 17.8 Å². The van der Waals surface area contributed by atoms with Crippen LogP contribution in [-0.4, -0.2) is 31.9 Å². The van der Waals surface area contributed by atoms with Crippen LogP contribution >= 0.6 is 0 Å². The number of hydrogen-bond donors (Lipinski definition) is 2. The summed E-state index contributed by atoms with van der Waals surface area (Å²) in [7, 11) is 0. The zero-order valence-corrected chi connectivity index (χ0v) is 17.9. The van der Waals surface area contributed by atoms with E-state index >= 15 is 0 Å². The van der Waals surface area contributed by atoms with Gasteiger partial charge in [-0.15, -0.1) is 0 Å². The summed E-state index contributed by atoms with van der Waals surface area (Å²) in [5.41, 5.74) is 1.68. The number of rotatable bonds is 3. The summed E-state index contributed by atoms with van der Waals surface area (Å²) in [6.07, 6.45) is -0.0722. The van der Waals surface area contributed by atoms with E-state index in [9.17, 15) is 22.4 Å². The fraction of sp³-hybridized carbons (Fsp3) is 0.217. The Hall–Kier alpha value is -4.22. The summed E-state index contributed by atoms with van der Waals surface area (Å²) in [5, 5.41) is 5.69. The van der Waals surface area contributed by atoms with E-state index in [1.165, 1.54) is 23.0 Å². The van der Waals surface area contributed by atoms with E-state index in [0.29, 0.717) is 41.0 Å². The lowest BCUT2D eigenvalue weighted by atomic mass is 9.99. The molecule has 1 aromatic carbocycles. The molecule has 0 fully saturated rings. The summed E-state index contributed by atoms with van der Waals surface area (Å²) in [4.78, 5) is 24.9. The van der Waals surface area contributed by atoms with Gasteiger partial charge in [0.15, 0.2) is 5.69 Å². The molecular weight excluding hydrogens is 468 g/mol. The number of carbonyl (C=O) groups excluding carboxylic acids is 1. The Bertz CT molecular complexity index is 1510. The molecule has 3 aromatic heterocycles. The van der Waals surface area contributed by atoms with Crippen LogP contribution in [0, 0.1) is 5.82 Å². The molecule has 0 saturated heterocycles. The van der Waals surface area contributed by atoms with Crippen molar-refractivity contribution in [1.29, 1.82) is 0 Å². The molecule has 0 spiro atoms. The van der Waals surface area contributed by atoms with Crippen molar-refractivity contribution in [3.63, 3.8) is 0 Å². The van der Waals surface area contributed by atoms with Crippen LogP contribution in [0.15, 0.2) is 36.9 Å². The number of carbonyl (C=O) groups is 1. The van der Waals surface area contributed by atoms with Crippen LogP contribution < -0.4 is 15.4 Å². The minimum absolute atomic E-state index is 0.0937. The third-order valence-corrected chi connectivity index (χ3v) is 6.16. The third kappa shape index (κ3) is 3.44. The number of ether oxygens (including phenoxy) is 1. The molecule has 0 aliphatic carbocycles. The summed E-state index contributed by atoms with van der Waals surface area (Å²) in [6.45, 7) is 0.456. The second kappa shape index (κ2) is 7.65. The van der Waals surface area contributed by atoms with Gasteiger partial charge in [-0.2, -0.15) is 13.2 Å². The van der Waals surface area contributed by atoms with Gasteiger partial charge in [-0.25, -0.2) is 14.4 Å². The lowest BCUT2D eigenvalue weighted by Gasteiger charge is -2.18. The van der Waals surface area contributed by atoms with E-state index < -0.39 is 17.8 Å². The van der Waals surface area contributed by atoms with Gasteiger partial charge in [-0.3, -0.25) is 14.2 Å². The fourth-order valence-electron chi connectivity index (χ4n) is 4.48. The van der Waals surface area contributed by atoms with Crippen LogP contribution in [0.25, 0.3) is 16.6 Å². The Morgan fingerprint density at radius 3 is 2.80 bits per heavy atom. The number of fused-ring (bicyclic) bond motifs is 3. The Labute approximate surface area is 195 Å². The largest absolute Gasteiger partial charge is 0.493 e. The van der Waals surface area contributed by atoms with Gasteiger partial charge in [0.2, 0.25) is 5.95 Å². The predicted molar refractivity (Wildman–Crippen MR) is 115 cm³/mol. The summed E-state index contributed by atoms with van der Waals surface area (Å²) in [6, 6.07) is 3.86. The van der Waals surface area contributed by atoms with E-state index in [1.807, 2.05) is 0 Å². The number of benzene rings is 1. The van der Waals surface area contributed by atoms with Crippen molar-refractivity contribution in [2.75, 3.05) is 11.9 Å². The maximum absolute atomic E-state index is 14.6. The summed E-state index contributed by atoms with van der Waals surface area (Å²) < 4.78 is 61.2. The average Bonchev–Trinajstić information content (AvgIpc) is 3.48. The van der Waals surface area contributed by atoms with Gasteiger partial charge in [-0.1, -0.05) is 0 Å². The van der Waals surface area contributed by atoms with Gasteiger partial charge < -0.3 is 15.4 Å². The van der Waals surface area contributed by atoms with Crippen LogP contribution in [0.5, 0.6) is 5.75 Å². The number of hydrogen-bond acceptors (Lipinski definition) is 6. The normalized spacial score (nSPS) is 14.6. The van der Waals surface area contributed by atoms with E-state index in [4.69, 9.17) is 4.74 Å². The first-order valence-corrected chi connectivity index (χ1v) is 10.7. The summed E-state index contributed by atoms with van der Waals surface area (Å²) >= 11 is 0. The summed E-state index contributed by atoms with van der Waals surface area (Å²) in [5.74, 6) is 0.0112. The lowest BCUT2D eigenvalue weighted by Crippen LogP contribution is -2.26. The molecule has 0 unspecified atom stereocenters. The fourth-order valence-corrected chi connectivity index (χ4v) is 4.48. The first-order valence-electron chi connectivity index (χ1n) is 10.7. The minimum atomic E-state index is -4.62. The molecule has 2 aliphatic heterocycles. The Morgan fingerprint density at radius 2 is 1.97 bits per heavy atom. The van der Waals surface area contributed by atoms with Crippen molar-refractivity contribution >= 4 is 17.4 Å². The van der Waals surface area contributed by atoms with Crippen molar-refractivity contribution in [3.8, 4) is 16.9 Å². The molecule has 8 nitrogen and oxygen atoms in total. The first kappa shape index (κ1) is 21.3. The van der Waals surface area contributed by atoms with E-state index in [2.05, 4.69) is 25.6 Å². The number of pyridine rings is 1. The second-order valence-corrected chi connectivity index (χ2v) is 8.17. The molecule has 4 aromatic rings. The van der Waals surface area contributed by atoms with Gasteiger partial charge in [0, 0.05) is 54.2 Å². The number of nitrogens with zero attached hydrogens (tertiary/aromatic N) is 4. The highest BCUT2D eigenvalue weighted by molar-refractivity contribution is 6.04. The number of amides is 1. The lowest BCUT2D eigenvalue weighted by molar-refractivity contribution is -0.141. The van der Waals surface area contributed by atoms with Crippen molar-refractivity contribution in [2.45, 2.75) is 25.7 Å². The van der Waals surface area contributed by atoms with Crippen molar-refractivity contribution in [2.24, 2.45) is 0 Å². The standard InChI is InChI=1S/C23H16F4N6O2/c24-16-1-2-17-12(3-4-35-17)14(16)8-30-22-31-9-15-13-7-28-18(23(25,26)27)5-11(13)6-29-21(34)19-20(15)33(22)10-32-19/h1-2,5,7,9-10H,3-4,6,8H2,(H,29,34)(H,30,31).